The molecule has 1 fully saturated rings. The monoisotopic (exact) mass is 734 g/mol. The number of hydrogen-bond acceptors (Lipinski definition) is 7. The van der Waals surface area contributed by atoms with E-state index in [-0.39, 0.29) is 23.9 Å². The Balaban J connectivity index is 1.01. The number of piperidine rings is 1. The summed E-state index contributed by atoms with van der Waals surface area (Å²) in [6.07, 6.45) is 9.25. The first-order chi connectivity index (χ1) is 26.7. The summed E-state index contributed by atoms with van der Waals surface area (Å²) >= 11 is 0. The molecule has 0 aliphatic carbocycles. The van der Waals surface area contributed by atoms with Crippen molar-refractivity contribution in [2.45, 2.75) is 84.8 Å². The SMILES string of the molecule is Cc1cc(-c2ncnc3[nH]c(C(=O)NCCCN4[C@@H](c5ncccc5C)CCC[C@H]4c4ncccc4C)cc23)ccc1CNC(=O)c1cccc(C(C)C)c1. The molecule has 1 saturated heterocycles. The molecule has 4 aromatic heterocycles. The van der Waals surface area contributed by atoms with E-state index in [1.165, 1.54) is 17.5 Å². The molecule has 2 atom stereocenters. The maximum Gasteiger partial charge on any atom is 0.267 e. The Labute approximate surface area is 323 Å². The predicted molar refractivity (Wildman–Crippen MR) is 217 cm³/mol. The quantitative estimate of drug-likeness (QED) is 0.108. The van der Waals surface area contributed by atoms with E-state index in [1.54, 1.807) is 0 Å². The number of aryl methyl sites for hydroxylation is 3. The zero-order valence-corrected chi connectivity index (χ0v) is 32.4. The van der Waals surface area contributed by atoms with Crippen LogP contribution in [0.25, 0.3) is 22.3 Å². The average molecular weight is 735 g/mol. The van der Waals surface area contributed by atoms with E-state index in [2.05, 4.69) is 76.4 Å². The molecule has 282 valence electrons. The van der Waals surface area contributed by atoms with Crippen LogP contribution in [0.4, 0.5) is 0 Å². The first-order valence-electron chi connectivity index (χ1n) is 19.4. The smallest absolute Gasteiger partial charge is 0.267 e. The van der Waals surface area contributed by atoms with Crippen LogP contribution in [0.5, 0.6) is 0 Å². The summed E-state index contributed by atoms with van der Waals surface area (Å²) in [6.45, 7) is 12.3. The van der Waals surface area contributed by atoms with Gasteiger partial charge in [0.1, 0.15) is 17.7 Å². The summed E-state index contributed by atoms with van der Waals surface area (Å²) in [5.74, 6) is 0.0714. The molecule has 55 heavy (non-hydrogen) atoms. The second kappa shape index (κ2) is 16.7. The van der Waals surface area contributed by atoms with Gasteiger partial charge in [0.05, 0.1) is 29.2 Å². The third-order valence-corrected chi connectivity index (χ3v) is 10.9. The Kier molecular flexibility index (Phi) is 11.4. The summed E-state index contributed by atoms with van der Waals surface area (Å²) in [7, 11) is 0. The zero-order valence-electron chi connectivity index (χ0n) is 32.4. The van der Waals surface area contributed by atoms with Crippen molar-refractivity contribution in [2.75, 3.05) is 13.1 Å². The lowest BCUT2D eigenvalue weighted by atomic mass is 9.88. The van der Waals surface area contributed by atoms with Gasteiger partial charge in [0.25, 0.3) is 11.8 Å². The predicted octanol–water partition coefficient (Wildman–Crippen LogP) is 8.48. The Morgan fingerprint density at radius 3 is 2.20 bits per heavy atom. The molecule has 0 bridgehead atoms. The molecule has 10 heteroatoms. The van der Waals surface area contributed by atoms with Crippen molar-refractivity contribution < 1.29 is 9.59 Å². The molecule has 2 amide bonds. The highest BCUT2D eigenvalue weighted by Crippen LogP contribution is 2.42. The van der Waals surface area contributed by atoms with E-state index in [0.717, 1.165) is 76.9 Å². The van der Waals surface area contributed by atoms with Gasteiger partial charge in [0.2, 0.25) is 0 Å². The number of pyridine rings is 2. The lowest BCUT2D eigenvalue weighted by molar-refractivity contribution is 0.0740. The van der Waals surface area contributed by atoms with E-state index in [0.29, 0.717) is 35.9 Å². The van der Waals surface area contributed by atoms with Crippen LogP contribution in [0.15, 0.2) is 91.5 Å². The fourth-order valence-electron chi connectivity index (χ4n) is 7.86. The number of carbonyl (C=O) groups excluding carboxylic acids is 2. The summed E-state index contributed by atoms with van der Waals surface area (Å²) in [4.78, 5) is 50.9. The van der Waals surface area contributed by atoms with Crippen LogP contribution in [0, 0.1) is 20.8 Å². The highest BCUT2D eigenvalue weighted by Gasteiger charge is 2.35. The fourth-order valence-corrected chi connectivity index (χ4v) is 7.86. The highest BCUT2D eigenvalue weighted by molar-refractivity contribution is 6.00. The van der Waals surface area contributed by atoms with Crippen LogP contribution in [0.3, 0.4) is 0 Å². The normalized spacial score (nSPS) is 16.0. The Morgan fingerprint density at radius 2 is 1.53 bits per heavy atom. The van der Waals surface area contributed by atoms with E-state index in [9.17, 15) is 9.59 Å². The molecular formula is C45H50N8O2. The number of rotatable bonds is 12. The molecule has 1 aliphatic heterocycles. The third kappa shape index (κ3) is 8.34. The van der Waals surface area contributed by atoms with Gasteiger partial charge in [-0.05, 0) is 117 Å². The lowest BCUT2D eigenvalue weighted by Crippen LogP contribution is -2.39. The van der Waals surface area contributed by atoms with Crippen molar-refractivity contribution in [3.05, 3.63) is 142 Å². The minimum Gasteiger partial charge on any atom is -0.351 e. The molecule has 5 heterocycles. The number of H-pyrrole nitrogens is 1. The largest absolute Gasteiger partial charge is 0.351 e. The number of fused-ring (bicyclic) bond motifs is 1. The van der Waals surface area contributed by atoms with Gasteiger partial charge in [-0.15, -0.1) is 0 Å². The molecule has 7 rings (SSSR count). The molecule has 0 spiro atoms. The average Bonchev–Trinajstić information content (AvgIpc) is 3.64. The van der Waals surface area contributed by atoms with Gasteiger partial charge in [0, 0.05) is 48.5 Å². The Hall–Kier alpha value is -5.74. The molecule has 0 unspecified atom stereocenters. The van der Waals surface area contributed by atoms with Crippen molar-refractivity contribution in [2.24, 2.45) is 0 Å². The highest BCUT2D eigenvalue weighted by atomic mass is 16.2. The third-order valence-electron chi connectivity index (χ3n) is 10.9. The number of aromatic nitrogens is 5. The number of nitrogens with zero attached hydrogens (tertiary/aromatic N) is 5. The van der Waals surface area contributed by atoms with E-state index < -0.39 is 0 Å². The molecule has 2 aromatic carbocycles. The molecule has 0 saturated carbocycles. The minimum absolute atomic E-state index is 0.0966. The van der Waals surface area contributed by atoms with Crippen LogP contribution < -0.4 is 10.6 Å². The van der Waals surface area contributed by atoms with Crippen LogP contribution in [-0.4, -0.2) is 54.7 Å². The Morgan fingerprint density at radius 1 is 0.800 bits per heavy atom. The van der Waals surface area contributed by atoms with E-state index in [4.69, 9.17) is 9.97 Å². The topological polar surface area (TPSA) is 129 Å². The summed E-state index contributed by atoms with van der Waals surface area (Å²) in [6, 6.07) is 24.3. The number of benzene rings is 2. The molecule has 0 radical (unpaired) electrons. The zero-order chi connectivity index (χ0) is 38.5. The second-order valence-electron chi connectivity index (χ2n) is 15.0. The van der Waals surface area contributed by atoms with E-state index in [1.807, 2.05) is 73.9 Å². The van der Waals surface area contributed by atoms with E-state index >= 15 is 0 Å². The maximum atomic E-state index is 13.5. The van der Waals surface area contributed by atoms with Crippen LogP contribution in [0.2, 0.25) is 0 Å². The van der Waals surface area contributed by atoms with Crippen molar-refractivity contribution in [3.8, 4) is 11.3 Å². The summed E-state index contributed by atoms with van der Waals surface area (Å²) < 4.78 is 0. The maximum absolute atomic E-state index is 13.5. The lowest BCUT2D eigenvalue weighted by Gasteiger charge is -2.42. The molecular weight excluding hydrogens is 685 g/mol. The van der Waals surface area contributed by atoms with Gasteiger partial charge < -0.3 is 15.6 Å². The van der Waals surface area contributed by atoms with Crippen LogP contribution in [0.1, 0.15) is 118 Å². The molecule has 6 aromatic rings. The number of likely N-dealkylation sites (tertiary alicyclic amines) is 1. The first-order valence-corrected chi connectivity index (χ1v) is 19.4. The van der Waals surface area contributed by atoms with Crippen molar-refractivity contribution >= 4 is 22.8 Å². The fraction of sp³-hybridized carbons (Fsp3) is 0.333. The second-order valence-corrected chi connectivity index (χ2v) is 15.0. The van der Waals surface area contributed by atoms with Crippen molar-refractivity contribution in [1.29, 1.82) is 0 Å². The first kappa shape index (κ1) is 37.6. The van der Waals surface area contributed by atoms with Gasteiger partial charge in [-0.3, -0.25) is 24.5 Å². The van der Waals surface area contributed by atoms with Gasteiger partial charge in [0.15, 0.2) is 0 Å². The van der Waals surface area contributed by atoms with Gasteiger partial charge in [-0.25, -0.2) is 9.97 Å². The number of amides is 2. The summed E-state index contributed by atoms with van der Waals surface area (Å²) in [5.41, 5.74) is 11.2. The minimum atomic E-state index is -0.182. The number of aromatic amines is 1. The van der Waals surface area contributed by atoms with Crippen LogP contribution in [-0.2, 0) is 6.54 Å². The standard InChI is InChI=1S/C45H50N8O2/c1-28(2)32-13-6-14-34(24-32)44(54)49-26-35-18-17-33(23-31(35)5)42-36-25-37(52-43(36)51-27-50-42)45(55)48-21-10-22-53-38(40-29(3)11-8-19-46-40)15-7-16-39(53)41-30(4)12-9-20-47-41/h6,8-9,11-14,17-20,23-25,27-28,38-39H,7,10,15-16,21-22,26H2,1-5H3,(H,48,55)(H,49,54)(H,50,51,52)/t38-,39+. The number of hydrogen-bond donors (Lipinski definition) is 3. The van der Waals surface area contributed by atoms with Gasteiger partial charge >= 0.3 is 0 Å². The Bertz CT molecular complexity index is 2260. The molecule has 3 N–H and O–H groups in total. The summed E-state index contributed by atoms with van der Waals surface area (Å²) in [5, 5.41) is 6.98. The van der Waals surface area contributed by atoms with Crippen molar-refractivity contribution in [3.63, 3.8) is 0 Å². The number of carbonyl (C=O) groups is 2. The van der Waals surface area contributed by atoms with Crippen molar-refractivity contribution in [1.82, 2.24) is 40.5 Å². The molecule has 1 aliphatic rings. The van der Waals surface area contributed by atoms with Gasteiger partial charge in [-0.2, -0.15) is 0 Å². The van der Waals surface area contributed by atoms with Crippen LogP contribution >= 0.6 is 0 Å². The number of nitrogens with one attached hydrogen (secondary N) is 3. The molecule has 10 nitrogen and oxygen atoms in total. The van der Waals surface area contributed by atoms with Gasteiger partial charge in [-0.1, -0.05) is 50.2 Å².